The van der Waals surface area contributed by atoms with Crippen LogP contribution < -0.4 is 15.4 Å². The van der Waals surface area contributed by atoms with E-state index in [1.165, 1.54) is 17.8 Å². The molecule has 2 aliphatic rings. The lowest BCUT2D eigenvalue weighted by Crippen LogP contribution is -2.26. The Kier molecular flexibility index (Phi) is 5.16. The fraction of sp³-hybridized carbons (Fsp3) is 0.409. The molecule has 150 valence electrons. The second-order valence-corrected chi connectivity index (χ2v) is 8.70. The van der Waals surface area contributed by atoms with Gasteiger partial charge in [-0.15, -0.1) is 11.3 Å². The first-order valence-corrected chi connectivity index (χ1v) is 11.1. The number of thiazole rings is 1. The van der Waals surface area contributed by atoms with Gasteiger partial charge in [-0.25, -0.2) is 15.0 Å². The number of piperidine rings is 1. The van der Waals surface area contributed by atoms with Crippen molar-refractivity contribution in [1.29, 1.82) is 0 Å². The molecule has 2 N–H and O–H groups in total. The van der Waals surface area contributed by atoms with E-state index >= 15 is 0 Å². The van der Waals surface area contributed by atoms with Gasteiger partial charge < -0.3 is 15.4 Å². The number of ether oxygens (including phenoxy) is 1. The number of anilines is 1. The number of benzene rings is 1. The van der Waals surface area contributed by atoms with Crippen molar-refractivity contribution in [3.8, 4) is 27.6 Å². The van der Waals surface area contributed by atoms with E-state index in [2.05, 4.69) is 27.8 Å². The minimum absolute atomic E-state index is 0.512. The molecular weight excluding hydrogens is 382 g/mol. The third-order valence-corrected chi connectivity index (χ3v) is 6.73. The van der Waals surface area contributed by atoms with Crippen molar-refractivity contribution < 1.29 is 4.74 Å². The Morgan fingerprint density at radius 2 is 1.83 bits per heavy atom. The molecule has 3 heterocycles. The molecule has 1 aliphatic carbocycles. The highest BCUT2D eigenvalue weighted by molar-refractivity contribution is 7.15. The maximum atomic E-state index is 5.33. The van der Waals surface area contributed by atoms with Crippen LogP contribution in [0.1, 0.15) is 36.6 Å². The highest BCUT2D eigenvalue weighted by Gasteiger charge is 2.25. The zero-order valence-electron chi connectivity index (χ0n) is 16.5. The van der Waals surface area contributed by atoms with E-state index in [-0.39, 0.29) is 0 Å². The Balaban J connectivity index is 1.55. The van der Waals surface area contributed by atoms with Crippen LogP contribution in [0.2, 0.25) is 0 Å². The molecule has 3 aromatic rings. The lowest BCUT2D eigenvalue weighted by atomic mass is 9.99. The second-order valence-electron chi connectivity index (χ2n) is 7.67. The van der Waals surface area contributed by atoms with Gasteiger partial charge in [-0.1, -0.05) is 0 Å². The molecule has 0 spiro atoms. The summed E-state index contributed by atoms with van der Waals surface area (Å²) in [6.07, 6.45) is 6.51. The van der Waals surface area contributed by atoms with Crippen LogP contribution >= 0.6 is 11.3 Å². The van der Waals surface area contributed by atoms with Gasteiger partial charge in [-0.3, -0.25) is 0 Å². The van der Waals surface area contributed by atoms with Crippen LogP contribution in [0.5, 0.6) is 5.75 Å². The first kappa shape index (κ1) is 18.5. The van der Waals surface area contributed by atoms with E-state index in [1.807, 2.05) is 24.4 Å². The minimum Gasteiger partial charge on any atom is -0.497 e. The van der Waals surface area contributed by atoms with Crippen molar-refractivity contribution in [1.82, 2.24) is 20.3 Å². The number of hydrogen-bond acceptors (Lipinski definition) is 7. The van der Waals surface area contributed by atoms with Crippen LogP contribution in [0.25, 0.3) is 21.8 Å². The summed E-state index contributed by atoms with van der Waals surface area (Å²) in [5.41, 5.74) is 3.03. The quantitative estimate of drug-likeness (QED) is 0.634. The number of methoxy groups -OCH3 is 1. The number of rotatable bonds is 6. The van der Waals surface area contributed by atoms with E-state index in [1.54, 1.807) is 18.4 Å². The number of hydrogen-bond donors (Lipinski definition) is 2. The zero-order chi connectivity index (χ0) is 19.6. The largest absolute Gasteiger partial charge is 0.497 e. The van der Waals surface area contributed by atoms with Crippen LogP contribution in [-0.2, 0) is 0 Å². The summed E-state index contributed by atoms with van der Waals surface area (Å²) in [6.45, 7) is 2.11. The molecule has 0 unspecified atom stereocenters. The SMILES string of the molecule is COc1ccc(-c2nc(C3CCNCC3)sc2-c2ccnc(NC3CC3)n2)cc1. The van der Waals surface area contributed by atoms with Crippen molar-refractivity contribution in [2.45, 2.75) is 37.6 Å². The minimum atomic E-state index is 0.512. The lowest BCUT2D eigenvalue weighted by molar-refractivity contribution is 0.415. The molecule has 0 bridgehead atoms. The number of aromatic nitrogens is 3. The van der Waals surface area contributed by atoms with Gasteiger partial charge in [0.1, 0.15) is 5.75 Å². The van der Waals surface area contributed by atoms with Crippen molar-refractivity contribution in [3.05, 3.63) is 41.5 Å². The predicted octanol–water partition coefficient (Wildman–Crippen LogP) is 4.32. The molecule has 2 fully saturated rings. The van der Waals surface area contributed by atoms with Crippen molar-refractivity contribution in [3.63, 3.8) is 0 Å². The Hall–Kier alpha value is -2.51. The van der Waals surface area contributed by atoms with Crippen molar-refractivity contribution >= 4 is 17.3 Å². The molecule has 1 aliphatic heterocycles. The topological polar surface area (TPSA) is 72.0 Å². The summed E-state index contributed by atoms with van der Waals surface area (Å²) >= 11 is 1.78. The van der Waals surface area contributed by atoms with Gasteiger partial charge in [0.2, 0.25) is 5.95 Å². The molecule has 7 heteroatoms. The van der Waals surface area contributed by atoms with Gasteiger partial charge >= 0.3 is 0 Å². The van der Waals surface area contributed by atoms with Gasteiger partial charge in [0.15, 0.2) is 0 Å². The summed E-state index contributed by atoms with van der Waals surface area (Å²) in [6, 6.07) is 10.6. The maximum Gasteiger partial charge on any atom is 0.223 e. The Labute approximate surface area is 174 Å². The lowest BCUT2D eigenvalue weighted by Gasteiger charge is -2.20. The Morgan fingerprint density at radius 1 is 1.03 bits per heavy atom. The Morgan fingerprint density at radius 3 is 2.55 bits per heavy atom. The standard InChI is InChI=1S/C22H25N5OS/c1-28-17-6-2-14(3-7-17)19-20(29-21(27-19)15-8-11-23-12-9-15)18-10-13-24-22(26-18)25-16-4-5-16/h2-3,6-7,10,13,15-16,23H,4-5,8-9,11-12H2,1H3,(H,24,25,26). The average molecular weight is 408 g/mol. The van der Waals surface area contributed by atoms with Crippen LogP contribution in [-0.4, -0.2) is 41.2 Å². The summed E-state index contributed by atoms with van der Waals surface area (Å²) in [7, 11) is 1.69. The smallest absolute Gasteiger partial charge is 0.223 e. The molecule has 29 heavy (non-hydrogen) atoms. The summed E-state index contributed by atoms with van der Waals surface area (Å²) in [5.74, 6) is 2.07. The first-order chi connectivity index (χ1) is 14.3. The third-order valence-electron chi connectivity index (χ3n) is 5.49. The fourth-order valence-electron chi connectivity index (χ4n) is 3.66. The monoisotopic (exact) mass is 407 g/mol. The fourth-order valence-corrected chi connectivity index (χ4v) is 4.89. The number of nitrogens with zero attached hydrogens (tertiary/aromatic N) is 3. The normalized spacial score (nSPS) is 17.3. The van der Waals surface area contributed by atoms with Gasteiger partial charge in [0.25, 0.3) is 0 Å². The summed E-state index contributed by atoms with van der Waals surface area (Å²) in [5, 5.41) is 8.07. The van der Waals surface area contributed by atoms with Crippen molar-refractivity contribution in [2.75, 3.05) is 25.5 Å². The van der Waals surface area contributed by atoms with Gasteiger partial charge in [0, 0.05) is 23.7 Å². The summed E-state index contributed by atoms with van der Waals surface area (Å²) in [4.78, 5) is 15.4. The molecule has 2 aromatic heterocycles. The van der Waals surface area contributed by atoms with E-state index in [4.69, 9.17) is 14.7 Å². The van der Waals surface area contributed by atoms with Gasteiger partial charge in [0.05, 0.1) is 28.4 Å². The molecule has 0 radical (unpaired) electrons. The third kappa shape index (κ3) is 4.11. The maximum absolute atomic E-state index is 5.33. The summed E-state index contributed by atoms with van der Waals surface area (Å²) < 4.78 is 5.33. The molecule has 1 saturated carbocycles. The van der Waals surface area contributed by atoms with Gasteiger partial charge in [-0.05, 0) is 69.1 Å². The zero-order valence-corrected chi connectivity index (χ0v) is 17.3. The molecule has 0 amide bonds. The van der Waals surface area contributed by atoms with E-state index in [0.29, 0.717) is 17.9 Å². The molecular formula is C22H25N5OS. The van der Waals surface area contributed by atoms with Crippen LogP contribution in [0.15, 0.2) is 36.5 Å². The van der Waals surface area contributed by atoms with Crippen LogP contribution in [0.4, 0.5) is 5.95 Å². The number of nitrogens with one attached hydrogen (secondary N) is 2. The predicted molar refractivity (Wildman–Crippen MR) is 117 cm³/mol. The molecule has 1 aromatic carbocycles. The molecule has 6 nitrogen and oxygen atoms in total. The second kappa shape index (κ2) is 8.08. The van der Waals surface area contributed by atoms with E-state index in [0.717, 1.165) is 53.5 Å². The van der Waals surface area contributed by atoms with Crippen LogP contribution in [0.3, 0.4) is 0 Å². The van der Waals surface area contributed by atoms with Crippen molar-refractivity contribution in [2.24, 2.45) is 0 Å². The molecule has 1 saturated heterocycles. The highest BCUT2D eigenvalue weighted by Crippen LogP contribution is 2.41. The first-order valence-electron chi connectivity index (χ1n) is 10.3. The van der Waals surface area contributed by atoms with E-state index in [9.17, 15) is 0 Å². The van der Waals surface area contributed by atoms with Crippen LogP contribution in [0, 0.1) is 0 Å². The Bertz CT molecular complexity index is 977. The van der Waals surface area contributed by atoms with Gasteiger partial charge in [-0.2, -0.15) is 0 Å². The molecule has 0 atom stereocenters. The average Bonchev–Trinajstić information content (AvgIpc) is 3.48. The molecule has 5 rings (SSSR count). The highest BCUT2D eigenvalue weighted by atomic mass is 32.1. The van der Waals surface area contributed by atoms with E-state index < -0.39 is 0 Å².